The van der Waals surface area contributed by atoms with Crippen molar-refractivity contribution in [3.63, 3.8) is 0 Å². The Bertz CT molecular complexity index is 836. The van der Waals surface area contributed by atoms with Crippen molar-refractivity contribution in [2.75, 3.05) is 19.6 Å². The minimum atomic E-state index is -0.206. The molecule has 1 fully saturated rings. The van der Waals surface area contributed by atoms with Crippen molar-refractivity contribution in [3.05, 3.63) is 71.3 Å². The van der Waals surface area contributed by atoms with Gasteiger partial charge in [0.2, 0.25) is 0 Å². The van der Waals surface area contributed by atoms with Gasteiger partial charge in [-0.15, -0.1) is 0 Å². The summed E-state index contributed by atoms with van der Waals surface area (Å²) in [6.07, 6.45) is 2.72. The van der Waals surface area contributed by atoms with Crippen LogP contribution in [0.15, 0.2) is 59.6 Å². The molecule has 1 heterocycles. The molecule has 4 heteroatoms. The third kappa shape index (κ3) is 3.48. The number of carbonyl (C=O) groups is 1. The molecule has 4 nitrogen and oxygen atoms in total. The molecule has 1 spiro atoms. The van der Waals surface area contributed by atoms with Crippen LogP contribution in [-0.4, -0.2) is 36.3 Å². The second-order valence-electron chi connectivity index (χ2n) is 7.45. The van der Waals surface area contributed by atoms with Gasteiger partial charge in [0.15, 0.2) is 0 Å². The Balaban J connectivity index is 1.41. The predicted octanol–water partition coefficient (Wildman–Crippen LogP) is 4.57. The number of likely N-dealkylation sites (tertiary alicyclic amines) is 1. The van der Waals surface area contributed by atoms with E-state index in [-0.39, 0.29) is 11.5 Å². The third-order valence-electron chi connectivity index (χ3n) is 5.85. The number of hydrogen-bond donors (Lipinski definition) is 0. The number of hydrogen-bond acceptors (Lipinski definition) is 3. The van der Waals surface area contributed by atoms with E-state index in [0.717, 1.165) is 44.5 Å². The Kier molecular flexibility index (Phi) is 4.97. The Morgan fingerprint density at radius 3 is 2.52 bits per heavy atom. The number of benzene rings is 2. The normalized spacial score (nSPS) is 19.3. The maximum absolute atomic E-state index is 12.5. The molecule has 0 radical (unpaired) electrons. The molecule has 0 saturated carbocycles. The zero-order valence-corrected chi connectivity index (χ0v) is 15.9. The number of rotatable bonds is 3. The van der Waals surface area contributed by atoms with Crippen LogP contribution in [0.25, 0.3) is 0 Å². The Hall–Kier alpha value is -2.62. The highest BCUT2D eigenvalue weighted by molar-refractivity contribution is 6.06. The molecule has 1 aliphatic heterocycles. The molecular formula is C23H26N2O2. The largest absolute Gasteiger partial charge is 0.445 e. The van der Waals surface area contributed by atoms with Gasteiger partial charge in [-0.25, -0.2) is 4.79 Å². The molecular weight excluding hydrogens is 336 g/mol. The van der Waals surface area contributed by atoms with Crippen LogP contribution in [0.1, 0.15) is 42.9 Å². The Morgan fingerprint density at radius 2 is 1.78 bits per heavy atom. The lowest BCUT2D eigenvalue weighted by molar-refractivity contribution is 0.0785. The van der Waals surface area contributed by atoms with E-state index < -0.39 is 0 Å². The van der Waals surface area contributed by atoms with Crippen molar-refractivity contribution in [2.45, 2.75) is 38.2 Å². The first kappa shape index (κ1) is 17.8. The van der Waals surface area contributed by atoms with Crippen LogP contribution >= 0.6 is 0 Å². The quantitative estimate of drug-likeness (QED) is 0.803. The molecule has 0 unspecified atom stereocenters. The van der Waals surface area contributed by atoms with Crippen molar-refractivity contribution in [1.29, 1.82) is 0 Å². The number of ether oxygens (including phenoxy) is 1. The van der Waals surface area contributed by atoms with E-state index in [2.05, 4.69) is 31.2 Å². The fraction of sp³-hybridized carbons (Fsp3) is 0.391. The van der Waals surface area contributed by atoms with Gasteiger partial charge in [-0.2, -0.15) is 0 Å². The topological polar surface area (TPSA) is 41.9 Å². The molecule has 1 saturated heterocycles. The lowest BCUT2D eigenvalue weighted by atomic mass is 9.74. The van der Waals surface area contributed by atoms with E-state index in [4.69, 9.17) is 9.73 Å². The van der Waals surface area contributed by atoms with Crippen LogP contribution in [0.2, 0.25) is 0 Å². The molecule has 1 amide bonds. The summed E-state index contributed by atoms with van der Waals surface area (Å²) in [5.74, 6) is 0. The van der Waals surface area contributed by atoms with Gasteiger partial charge in [0.25, 0.3) is 0 Å². The number of amides is 1. The fourth-order valence-electron chi connectivity index (χ4n) is 4.41. The average Bonchev–Trinajstić information content (AvgIpc) is 3.01. The monoisotopic (exact) mass is 362 g/mol. The highest BCUT2D eigenvalue weighted by Gasteiger charge is 2.44. The summed E-state index contributed by atoms with van der Waals surface area (Å²) >= 11 is 0. The zero-order chi connectivity index (χ0) is 18.7. The van der Waals surface area contributed by atoms with Crippen molar-refractivity contribution in [1.82, 2.24) is 4.90 Å². The summed E-state index contributed by atoms with van der Waals surface area (Å²) in [5.41, 5.74) is 5.09. The van der Waals surface area contributed by atoms with Crippen molar-refractivity contribution < 1.29 is 9.53 Å². The molecule has 2 aromatic rings. The van der Waals surface area contributed by atoms with Gasteiger partial charge < -0.3 is 9.64 Å². The van der Waals surface area contributed by atoms with E-state index in [1.807, 2.05) is 35.2 Å². The minimum Gasteiger partial charge on any atom is -0.445 e. The molecule has 0 bridgehead atoms. The molecule has 1 aliphatic carbocycles. The van der Waals surface area contributed by atoms with Crippen molar-refractivity contribution in [2.24, 2.45) is 4.99 Å². The number of fused-ring (bicyclic) bond motifs is 2. The SMILES string of the molecule is CCN=C1CC2(CCN(C(=O)OCc3ccccc3)CC2)c2ccccc21. The predicted molar refractivity (Wildman–Crippen MR) is 107 cm³/mol. The minimum absolute atomic E-state index is 0.126. The molecule has 2 aromatic carbocycles. The van der Waals surface area contributed by atoms with Gasteiger partial charge in [-0.1, -0.05) is 54.6 Å². The fourth-order valence-corrected chi connectivity index (χ4v) is 4.41. The molecule has 27 heavy (non-hydrogen) atoms. The second-order valence-corrected chi connectivity index (χ2v) is 7.45. The van der Waals surface area contributed by atoms with Crippen LogP contribution in [0.3, 0.4) is 0 Å². The summed E-state index contributed by atoms with van der Waals surface area (Å²) in [7, 11) is 0. The van der Waals surface area contributed by atoms with Crippen molar-refractivity contribution >= 4 is 11.8 Å². The summed E-state index contributed by atoms with van der Waals surface area (Å²) in [6.45, 7) is 4.71. The van der Waals surface area contributed by atoms with Gasteiger partial charge in [0.05, 0.1) is 0 Å². The number of aliphatic imine (C=N–C) groups is 1. The number of carbonyl (C=O) groups excluding carboxylic acids is 1. The van der Waals surface area contributed by atoms with E-state index >= 15 is 0 Å². The summed E-state index contributed by atoms with van der Waals surface area (Å²) < 4.78 is 5.51. The molecule has 140 valence electrons. The van der Waals surface area contributed by atoms with Crippen LogP contribution in [0.5, 0.6) is 0 Å². The van der Waals surface area contributed by atoms with Crippen LogP contribution in [-0.2, 0) is 16.8 Å². The van der Waals surface area contributed by atoms with Crippen molar-refractivity contribution in [3.8, 4) is 0 Å². The first-order valence-electron chi connectivity index (χ1n) is 9.81. The van der Waals surface area contributed by atoms with Crippen LogP contribution in [0.4, 0.5) is 4.79 Å². The van der Waals surface area contributed by atoms with E-state index in [0.29, 0.717) is 6.61 Å². The highest BCUT2D eigenvalue weighted by Crippen LogP contribution is 2.46. The molecule has 0 aromatic heterocycles. The number of nitrogens with zero attached hydrogens (tertiary/aromatic N) is 2. The first-order chi connectivity index (χ1) is 13.2. The molecule has 0 atom stereocenters. The molecule has 4 rings (SSSR count). The maximum Gasteiger partial charge on any atom is 0.410 e. The summed E-state index contributed by atoms with van der Waals surface area (Å²) in [6, 6.07) is 18.5. The van der Waals surface area contributed by atoms with E-state index in [1.165, 1.54) is 16.8 Å². The lowest BCUT2D eigenvalue weighted by Gasteiger charge is -2.39. The summed E-state index contributed by atoms with van der Waals surface area (Å²) in [5, 5.41) is 0. The van der Waals surface area contributed by atoms with Gasteiger partial charge in [0.1, 0.15) is 6.61 Å². The third-order valence-corrected chi connectivity index (χ3v) is 5.85. The van der Waals surface area contributed by atoms with Gasteiger partial charge in [-0.3, -0.25) is 4.99 Å². The second kappa shape index (κ2) is 7.55. The maximum atomic E-state index is 12.5. The first-order valence-corrected chi connectivity index (χ1v) is 9.81. The Morgan fingerprint density at radius 1 is 1.07 bits per heavy atom. The molecule has 0 N–H and O–H groups in total. The van der Waals surface area contributed by atoms with Gasteiger partial charge in [-0.05, 0) is 42.9 Å². The molecule has 2 aliphatic rings. The summed E-state index contributed by atoms with van der Waals surface area (Å²) in [4.78, 5) is 19.1. The zero-order valence-electron chi connectivity index (χ0n) is 15.9. The van der Waals surface area contributed by atoms with E-state index in [1.54, 1.807) is 0 Å². The number of piperidine rings is 1. The highest BCUT2D eigenvalue weighted by atomic mass is 16.6. The van der Waals surface area contributed by atoms with Crippen LogP contribution in [0, 0.1) is 0 Å². The Labute approximate surface area is 160 Å². The van der Waals surface area contributed by atoms with E-state index in [9.17, 15) is 4.79 Å². The standard InChI is InChI=1S/C23H26N2O2/c1-2-24-21-16-23(20-11-7-6-10-19(20)21)12-14-25(15-13-23)22(26)27-17-18-8-4-3-5-9-18/h3-11H,2,12-17H2,1H3. The van der Waals surface area contributed by atoms with Crippen LogP contribution < -0.4 is 0 Å². The lowest BCUT2D eigenvalue weighted by Crippen LogP contribution is -2.44. The van der Waals surface area contributed by atoms with Gasteiger partial charge in [0, 0.05) is 30.8 Å². The smallest absolute Gasteiger partial charge is 0.410 e. The average molecular weight is 362 g/mol. The van der Waals surface area contributed by atoms with Gasteiger partial charge >= 0.3 is 6.09 Å².